The number of amides is 2. The third kappa shape index (κ3) is 4.91. The molecule has 1 saturated heterocycles. The molecule has 0 aromatic heterocycles. The first kappa shape index (κ1) is 17.3. The summed E-state index contributed by atoms with van der Waals surface area (Å²) in [7, 11) is 0. The number of carboxylic acids is 1. The zero-order chi connectivity index (χ0) is 15.8. The zero-order valence-electron chi connectivity index (χ0n) is 12.6. The van der Waals surface area contributed by atoms with Crippen LogP contribution >= 0.6 is 0 Å². The average Bonchev–Trinajstić information content (AvgIpc) is 2.92. The van der Waals surface area contributed by atoms with Gasteiger partial charge in [-0.2, -0.15) is 0 Å². The Balaban J connectivity index is 2.63. The van der Waals surface area contributed by atoms with Crippen molar-refractivity contribution in [2.24, 2.45) is 0 Å². The van der Waals surface area contributed by atoms with Crippen molar-refractivity contribution < 1.29 is 24.2 Å². The van der Waals surface area contributed by atoms with Gasteiger partial charge in [-0.3, -0.25) is 0 Å². The number of aliphatic carboxylic acids is 1. The van der Waals surface area contributed by atoms with Gasteiger partial charge >= 0.3 is 18.0 Å². The lowest BCUT2D eigenvalue weighted by Gasteiger charge is -2.25. The van der Waals surface area contributed by atoms with Crippen LogP contribution in [0.25, 0.3) is 0 Å². The highest BCUT2D eigenvalue weighted by molar-refractivity contribution is 5.87. The molecule has 0 bridgehead atoms. The van der Waals surface area contributed by atoms with Gasteiger partial charge in [0.25, 0.3) is 0 Å². The lowest BCUT2D eigenvalue weighted by atomic mass is 10.1. The Morgan fingerprint density at radius 2 is 2.10 bits per heavy atom. The maximum Gasteiger partial charge on any atom is 0.328 e. The van der Waals surface area contributed by atoms with Crippen LogP contribution in [-0.2, 0) is 14.3 Å². The molecule has 1 heterocycles. The third-order valence-electron chi connectivity index (χ3n) is 3.51. The Labute approximate surface area is 124 Å². The predicted molar refractivity (Wildman–Crippen MR) is 75.8 cm³/mol. The highest BCUT2D eigenvalue weighted by Gasteiger charge is 2.36. The zero-order valence-corrected chi connectivity index (χ0v) is 12.6. The number of nitrogens with zero attached hydrogens (tertiary/aromatic N) is 1. The number of urea groups is 1. The van der Waals surface area contributed by atoms with Gasteiger partial charge < -0.3 is 20.1 Å². The van der Waals surface area contributed by atoms with Crippen molar-refractivity contribution in [3.05, 3.63) is 0 Å². The number of hydrogen-bond donors (Lipinski definition) is 2. The summed E-state index contributed by atoms with van der Waals surface area (Å²) in [5.74, 6) is -1.48. The summed E-state index contributed by atoms with van der Waals surface area (Å²) in [6.07, 6.45) is 3.23. The van der Waals surface area contributed by atoms with Crippen molar-refractivity contribution in [3.63, 3.8) is 0 Å². The van der Waals surface area contributed by atoms with E-state index < -0.39 is 30.1 Å². The minimum absolute atomic E-state index is 0.263. The topological polar surface area (TPSA) is 95.9 Å². The Morgan fingerprint density at radius 1 is 1.38 bits per heavy atom. The number of ether oxygens (including phenoxy) is 1. The molecule has 0 aliphatic carbocycles. The molecule has 1 unspecified atom stereocenters. The Kier molecular flexibility index (Phi) is 6.98. The minimum Gasteiger partial charge on any atom is -0.480 e. The SMILES string of the molecule is CCCC[C@H](NC(=O)N1CCCC1C(=O)OCC)C(=O)O. The maximum atomic E-state index is 12.2. The van der Waals surface area contributed by atoms with E-state index in [0.29, 0.717) is 25.8 Å². The first-order chi connectivity index (χ1) is 10.0. The summed E-state index contributed by atoms with van der Waals surface area (Å²) in [6, 6.07) is -2.03. The van der Waals surface area contributed by atoms with Gasteiger partial charge in [0, 0.05) is 6.54 Å². The number of likely N-dealkylation sites (tertiary alicyclic amines) is 1. The Morgan fingerprint density at radius 3 is 2.67 bits per heavy atom. The molecule has 2 atom stereocenters. The van der Waals surface area contributed by atoms with Crippen molar-refractivity contribution in [1.29, 1.82) is 0 Å². The molecular weight excluding hydrogens is 276 g/mol. The average molecular weight is 300 g/mol. The molecule has 1 aliphatic heterocycles. The normalized spacial score (nSPS) is 19.1. The van der Waals surface area contributed by atoms with E-state index in [1.807, 2.05) is 6.92 Å². The second kappa shape index (κ2) is 8.49. The second-order valence-corrected chi connectivity index (χ2v) is 5.09. The lowest BCUT2D eigenvalue weighted by Crippen LogP contribution is -2.51. The molecule has 7 heteroatoms. The number of carboxylic acid groups (broad SMARTS) is 1. The van der Waals surface area contributed by atoms with Gasteiger partial charge in [-0.1, -0.05) is 19.8 Å². The molecule has 2 amide bonds. The molecular formula is C14H24N2O5. The molecule has 21 heavy (non-hydrogen) atoms. The lowest BCUT2D eigenvalue weighted by molar-refractivity contribution is -0.147. The Hall–Kier alpha value is -1.79. The summed E-state index contributed by atoms with van der Waals surface area (Å²) >= 11 is 0. The number of hydrogen-bond acceptors (Lipinski definition) is 4. The van der Waals surface area contributed by atoms with E-state index >= 15 is 0 Å². The van der Waals surface area contributed by atoms with E-state index in [4.69, 9.17) is 9.84 Å². The van der Waals surface area contributed by atoms with Crippen LogP contribution in [-0.4, -0.2) is 53.2 Å². The number of nitrogens with one attached hydrogen (secondary N) is 1. The number of rotatable bonds is 7. The highest BCUT2D eigenvalue weighted by atomic mass is 16.5. The molecule has 2 N–H and O–H groups in total. The molecule has 0 aromatic carbocycles. The van der Waals surface area contributed by atoms with Crippen LogP contribution in [0.4, 0.5) is 4.79 Å². The van der Waals surface area contributed by atoms with Crippen molar-refractivity contribution in [3.8, 4) is 0 Å². The van der Waals surface area contributed by atoms with Gasteiger partial charge in [-0.25, -0.2) is 14.4 Å². The van der Waals surface area contributed by atoms with Crippen LogP contribution in [0.5, 0.6) is 0 Å². The largest absolute Gasteiger partial charge is 0.480 e. The fraction of sp³-hybridized carbons (Fsp3) is 0.786. The highest BCUT2D eigenvalue weighted by Crippen LogP contribution is 2.19. The van der Waals surface area contributed by atoms with E-state index in [1.54, 1.807) is 6.92 Å². The van der Waals surface area contributed by atoms with Crippen molar-refractivity contribution in [1.82, 2.24) is 10.2 Å². The minimum atomic E-state index is -1.05. The first-order valence-corrected chi connectivity index (χ1v) is 7.47. The summed E-state index contributed by atoms with van der Waals surface area (Å²) in [6.45, 7) is 4.37. The van der Waals surface area contributed by atoms with Crippen LogP contribution in [0.3, 0.4) is 0 Å². The van der Waals surface area contributed by atoms with Gasteiger partial charge in [0.1, 0.15) is 12.1 Å². The molecule has 0 spiro atoms. The van der Waals surface area contributed by atoms with Crippen LogP contribution < -0.4 is 5.32 Å². The first-order valence-electron chi connectivity index (χ1n) is 7.47. The van der Waals surface area contributed by atoms with Crippen molar-refractivity contribution in [2.45, 2.75) is 58.0 Å². The van der Waals surface area contributed by atoms with Gasteiger partial charge in [0.2, 0.25) is 0 Å². The Bertz CT molecular complexity index is 386. The van der Waals surface area contributed by atoms with E-state index in [2.05, 4.69) is 5.32 Å². The van der Waals surface area contributed by atoms with Gasteiger partial charge in [0.05, 0.1) is 6.61 Å². The third-order valence-corrected chi connectivity index (χ3v) is 3.51. The summed E-state index contributed by atoms with van der Waals surface area (Å²) in [4.78, 5) is 36.5. The van der Waals surface area contributed by atoms with Crippen LogP contribution in [0.2, 0.25) is 0 Å². The van der Waals surface area contributed by atoms with E-state index in [-0.39, 0.29) is 6.61 Å². The fourth-order valence-corrected chi connectivity index (χ4v) is 2.39. The molecule has 120 valence electrons. The van der Waals surface area contributed by atoms with E-state index in [0.717, 1.165) is 12.8 Å². The van der Waals surface area contributed by atoms with Crippen molar-refractivity contribution >= 4 is 18.0 Å². The van der Waals surface area contributed by atoms with Gasteiger partial charge in [0.15, 0.2) is 0 Å². The number of carbonyl (C=O) groups is 3. The fourth-order valence-electron chi connectivity index (χ4n) is 2.39. The summed E-state index contributed by atoms with van der Waals surface area (Å²) < 4.78 is 4.95. The van der Waals surface area contributed by atoms with Gasteiger partial charge in [-0.05, 0) is 26.2 Å². The number of unbranched alkanes of at least 4 members (excludes halogenated alkanes) is 1. The monoisotopic (exact) mass is 300 g/mol. The van der Waals surface area contributed by atoms with Crippen LogP contribution in [0.1, 0.15) is 46.0 Å². The molecule has 1 fully saturated rings. The number of esters is 1. The quantitative estimate of drug-likeness (QED) is 0.692. The summed E-state index contributed by atoms with van der Waals surface area (Å²) in [5.41, 5.74) is 0. The van der Waals surface area contributed by atoms with Crippen LogP contribution in [0.15, 0.2) is 0 Å². The second-order valence-electron chi connectivity index (χ2n) is 5.09. The maximum absolute atomic E-state index is 12.2. The van der Waals surface area contributed by atoms with E-state index in [1.165, 1.54) is 4.90 Å². The standard InChI is InChI=1S/C14H24N2O5/c1-3-5-7-10(12(17)18)15-14(20)16-9-6-8-11(16)13(19)21-4-2/h10-11H,3-9H2,1-2H3,(H,15,20)(H,17,18)/t10-,11?/m0/s1. The summed E-state index contributed by atoms with van der Waals surface area (Å²) in [5, 5.41) is 11.6. The molecule has 0 saturated carbocycles. The van der Waals surface area contributed by atoms with Crippen LogP contribution in [0, 0.1) is 0 Å². The molecule has 0 aromatic rings. The molecule has 7 nitrogen and oxygen atoms in total. The number of carbonyl (C=O) groups excluding carboxylic acids is 2. The molecule has 1 rings (SSSR count). The van der Waals surface area contributed by atoms with Gasteiger partial charge in [-0.15, -0.1) is 0 Å². The van der Waals surface area contributed by atoms with Crippen molar-refractivity contribution in [2.75, 3.05) is 13.2 Å². The smallest absolute Gasteiger partial charge is 0.328 e. The van der Waals surface area contributed by atoms with E-state index in [9.17, 15) is 14.4 Å². The molecule has 1 aliphatic rings. The molecule has 0 radical (unpaired) electrons. The predicted octanol–water partition coefficient (Wildman–Crippen LogP) is 1.37.